The van der Waals surface area contributed by atoms with Gasteiger partial charge in [-0.3, -0.25) is 0 Å². The zero-order valence-electron chi connectivity index (χ0n) is 10.7. The molecule has 0 amide bonds. The summed E-state index contributed by atoms with van der Waals surface area (Å²) in [5, 5.41) is 23.4. The highest BCUT2D eigenvalue weighted by molar-refractivity contribution is 7.08. The molecule has 7 heteroatoms. The molecule has 104 valence electrons. The number of rotatable bonds is 4. The van der Waals surface area contributed by atoms with Crippen LogP contribution in [0.25, 0.3) is 22.4 Å². The van der Waals surface area contributed by atoms with Gasteiger partial charge < -0.3 is 4.74 Å². The van der Waals surface area contributed by atoms with Crippen LogP contribution < -0.4 is 4.74 Å². The molecule has 3 aromatic rings. The molecule has 0 radical (unpaired) electrons. The molecule has 2 heterocycles. The lowest BCUT2D eigenvalue weighted by molar-refractivity contribution is 0.388. The molecule has 0 spiro atoms. The highest BCUT2D eigenvalue weighted by atomic mass is 35.5. The molecule has 0 bridgehead atoms. The van der Waals surface area contributed by atoms with E-state index in [1.165, 1.54) is 0 Å². The Hall–Kier alpha value is -2.36. The molecule has 1 N–H and O–H groups in total. The third-order valence-corrected chi connectivity index (χ3v) is 3.70. The minimum absolute atomic E-state index is 0.0520. The predicted octanol–water partition coefficient (Wildman–Crippen LogP) is 3.65. The molecule has 0 aliphatic carbocycles. The fourth-order valence-electron chi connectivity index (χ4n) is 1.99. The fourth-order valence-corrected chi connectivity index (χ4v) is 2.78. The van der Waals surface area contributed by atoms with E-state index in [4.69, 9.17) is 21.6 Å². The predicted molar refractivity (Wildman–Crippen MR) is 81.2 cm³/mol. The number of aromatic nitrogens is 3. The number of hydrogen-bond acceptors (Lipinski definition) is 5. The van der Waals surface area contributed by atoms with Crippen molar-refractivity contribution in [1.29, 1.82) is 5.26 Å². The number of benzene rings is 1. The van der Waals surface area contributed by atoms with E-state index in [2.05, 4.69) is 15.4 Å². The normalized spacial score (nSPS) is 10.3. The second-order valence-corrected chi connectivity index (χ2v) is 5.14. The Bertz CT molecular complexity index is 792. The van der Waals surface area contributed by atoms with E-state index in [9.17, 15) is 0 Å². The Kier molecular flexibility index (Phi) is 3.86. The van der Waals surface area contributed by atoms with Gasteiger partial charge >= 0.3 is 0 Å². The van der Waals surface area contributed by atoms with Gasteiger partial charge in [0.1, 0.15) is 17.5 Å². The molecular formula is C14H9ClN4OS. The number of H-pyrrole nitrogens is 1. The Morgan fingerprint density at radius 2 is 2.10 bits per heavy atom. The summed E-state index contributed by atoms with van der Waals surface area (Å²) in [5.74, 6) is 0.621. The first-order chi connectivity index (χ1) is 10.3. The Balaban J connectivity index is 2.14. The quantitative estimate of drug-likeness (QED) is 0.745. The van der Waals surface area contributed by atoms with Gasteiger partial charge in [0.2, 0.25) is 0 Å². The third-order valence-electron chi connectivity index (χ3n) is 2.91. The van der Waals surface area contributed by atoms with Crippen LogP contribution in [0.5, 0.6) is 5.75 Å². The summed E-state index contributed by atoms with van der Waals surface area (Å²) in [5.41, 5.74) is 3.54. The number of alkyl halides is 1. The topological polar surface area (TPSA) is 74.6 Å². The van der Waals surface area contributed by atoms with E-state index in [1.54, 1.807) is 17.4 Å². The second-order valence-electron chi connectivity index (χ2n) is 4.14. The zero-order chi connectivity index (χ0) is 14.7. The zero-order valence-corrected chi connectivity index (χ0v) is 12.3. The Morgan fingerprint density at radius 3 is 2.81 bits per heavy atom. The van der Waals surface area contributed by atoms with Crippen molar-refractivity contribution in [3.8, 4) is 34.2 Å². The summed E-state index contributed by atoms with van der Waals surface area (Å²) in [4.78, 5) is 0. The van der Waals surface area contributed by atoms with Gasteiger partial charge in [-0.05, 0) is 46.2 Å². The van der Waals surface area contributed by atoms with E-state index >= 15 is 0 Å². The van der Waals surface area contributed by atoms with Crippen molar-refractivity contribution in [2.75, 3.05) is 6.07 Å². The van der Waals surface area contributed by atoms with Crippen LogP contribution in [0, 0.1) is 11.3 Å². The summed E-state index contributed by atoms with van der Waals surface area (Å²) >= 11 is 7.25. The van der Waals surface area contributed by atoms with Crippen molar-refractivity contribution in [1.82, 2.24) is 15.4 Å². The third kappa shape index (κ3) is 2.75. The summed E-state index contributed by atoms with van der Waals surface area (Å²) in [6.07, 6.45) is 0. The summed E-state index contributed by atoms with van der Waals surface area (Å²) in [6, 6.07) is 9.72. The first-order valence-electron chi connectivity index (χ1n) is 5.99. The van der Waals surface area contributed by atoms with Crippen LogP contribution in [-0.2, 0) is 0 Å². The maximum absolute atomic E-state index is 9.07. The molecule has 0 saturated heterocycles. The van der Waals surface area contributed by atoms with Crippen molar-refractivity contribution in [3.05, 3.63) is 40.7 Å². The lowest BCUT2D eigenvalue weighted by Crippen LogP contribution is -1.92. The van der Waals surface area contributed by atoms with Crippen molar-refractivity contribution in [3.63, 3.8) is 0 Å². The monoisotopic (exact) mass is 316 g/mol. The van der Waals surface area contributed by atoms with E-state index in [0.717, 1.165) is 16.7 Å². The van der Waals surface area contributed by atoms with Crippen molar-refractivity contribution >= 4 is 22.9 Å². The van der Waals surface area contributed by atoms with Crippen LogP contribution in [0.3, 0.4) is 0 Å². The largest absolute Gasteiger partial charge is 0.478 e. The number of nitrogens with zero attached hydrogens (tertiary/aromatic N) is 3. The minimum Gasteiger partial charge on any atom is -0.478 e. The number of thiophene rings is 1. The number of halogens is 1. The van der Waals surface area contributed by atoms with Gasteiger partial charge in [0, 0.05) is 5.56 Å². The van der Waals surface area contributed by atoms with Gasteiger partial charge in [-0.15, -0.1) is 5.10 Å². The molecule has 5 nitrogen and oxygen atoms in total. The fraction of sp³-hybridized carbons (Fsp3) is 0.0714. The summed E-state index contributed by atoms with van der Waals surface area (Å²) in [7, 11) is 0. The maximum Gasteiger partial charge on any atom is 0.190 e. The smallest absolute Gasteiger partial charge is 0.190 e. The first kappa shape index (κ1) is 13.6. The van der Waals surface area contributed by atoms with Gasteiger partial charge in [-0.1, -0.05) is 11.6 Å². The number of nitriles is 1. The van der Waals surface area contributed by atoms with Crippen LogP contribution in [0.15, 0.2) is 35.0 Å². The average molecular weight is 317 g/mol. The maximum atomic E-state index is 9.07. The first-order valence-corrected chi connectivity index (χ1v) is 7.47. The van der Waals surface area contributed by atoms with Crippen LogP contribution >= 0.6 is 22.9 Å². The molecule has 0 saturated carbocycles. The number of aromatic amines is 1. The van der Waals surface area contributed by atoms with Crippen LogP contribution in [0.1, 0.15) is 5.69 Å². The van der Waals surface area contributed by atoms with Crippen molar-refractivity contribution in [2.24, 2.45) is 0 Å². The van der Waals surface area contributed by atoms with E-state index in [1.807, 2.05) is 35.0 Å². The lowest BCUT2D eigenvalue weighted by Gasteiger charge is -2.08. The molecular weight excluding hydrogens is 308 g/mol. The van der Waals surface area contributed by atoms with E-state index < -0.39 is 0 Å². The molecule has 1 aromatic carbocycles. The molecule has 21 heavy (non-hydrogen) atoms. The van der Waals surface area contributed by atoms with Gasteiger partial charge in [0.05, 0.1) is 0 Å². The molecule has 0 atom stereocenters. The Labute approximate surface area is 129 Å². The molecule has 0 aliphatic heterocycles. The minimum atomic E-state index is 0.0520. The van der Waals surface area contributed by atoms with E-state index in [-0.39, 0.29) is 11.8 Å². The van der Waals surface area contributed by atoms with E-state index in [0.29, 0.717) is 11.4 Å². The average Bonchev–Trinajstić information content (AvgIpc) is 3.18. The number of nitrogens with one attached hydrogen (secondary N) is 1. The standard InChI is InChI=1S/C14H9ClN4OS/c15-8-20-12-4-10(9-1-2-21-7-9)3-11(5-12)14-13(6-16)17-19-18-14/h1-5,7H,8H2,(H,17,18,19). The second kappa shape index (κ2) is 5.95. The molecule has 0 unspecified atom stereocenters. The van der Waals surface area contributed by atoms with Crippen LogP contribution in [0.2, 0.25) is 0 Å². The summed E-state index contributed by atoms with van der Waals surface area (Å²) < 4.78 is 5.38. The van der Waals surface area contributed by atoms with Gasteiger partial charge in [0.25, 0.3) is 0 Å². The van der Waals surface area contributed by atoms with Crippen molar-refractivity contribution < 1.29 is 4.74 Å². The van der Waals surface area contributed by atoms with Gasteiger partial charge in [0.15, 0.2) is 11.8 Å². The number of ether oxygens (including phenoxy) is 1. The van der Waals surface area contributed by atoms with Crippen LogP contribution in [-0.4, -0.2) is 21.5 Å². The van der Waals surface area contributed by atoms with Crippen LogP contribution in [0.4, 0.5) is 0 Å². The molecule has 0 aliphatic rings. The molecule has 3 rings (SSSR count). The van der Waals surface area contributed by atoms with Gasteiger partial charge in [-0.2, -0.15) is 26.9 Å². The Morgan fingerprint density at radius 1 is 1.24 bits per heavy atom. The lowest BCUT2D eigenvalue weighted by atomic mass is 10.0. The van der Waals surface area contributed by atoms with Crippen molar-refractivity contribution in [2.45, 2.75) is 0 Å². The van der Waals surface area contributed by atoms with Gasteiger partial charge in [-0.25, -0.2) is 0 Å². The number of hydrogen-bond donors (Lipinski definition) is 1. The highest BCUT2D eigenvalue weighted by Crippen LogP contribution is 2.32. The highest BCUT2D eigenvalue weighted by Gasteiger charge is 2.13. The SMILES string of the molecule is N#Cc1n[nH]nc1-c1cc(OCCl)cc(-c2ccsc2)c1. The summed E-state index contributed by atoms with van der Waals surface area (Å²) in [6.45, 7) is 0. The molecule has 0 fully saturated rings. The molecule has 2 aromatic heterocycles.